The minimum absolute atomic E-state index is 0.603. The Labute approximate surface area is 136 Å². The van der Waals surface area contributed by atoms with Crippen molar-refractivity contribution < 1.29 is 4.74 Å². The van der Waals surface area contributed by atoms with Gasteiger partial charge < -0.3 is 15.4 Å². The van der Waals surface area contributed by atoms with E-state index in [0.717, 1.165) is 31.8 Å². The molecule has 22 heavy (non-hydrogen) atoms. The molecule has 2 aromatic rings. The first-order valence-corrected chi connectivity index (χ1v) is 7.70. The topological polar surface area (TPSA) is 51.1 Å². The summed E-state index contributed by atoms with van der Waals surface area (Å²) in [5.41, 5.74) is 3.41. The van der Waals surface area contributed by atoms with E-state index in [2.05, 4.69) is 34.8 Å². The number of rotatable bonds is 7. The average molecular weight is 318 g/mol. The lowest BCUT2D eigenvalue weighted by atomic mass is 10.1. The van der Waals surface area contributed by atoms with Crippen molar-refractivity contribution in [3.8, 4) is 0 Å². The highest BCUT2D eigenvalue weighted by atomic mass is 32.1. The van der Waals surface area contributed by atoms with E-state index in [-0.39, 0.29) is 0 Å². The Hall–Kier alpha value is -1.92. The van der Waals surface area contributed by atoms with Crippen molar-refractivity contribution in [3.05, 3.63) is 47.8 Å². The van der Waals surface area contributed by atoms with E-state index < -0.39 is 0 Å². The lowest BCUT2D eigenvalue weighted by Gasteiger charge is -2.08. The maximum Gasteiger partial charge on any atom is 0.170 e. The standard InChI is InChI=1S/C16H22N4OS/c1-13-6-3-4-7-14(13)11-20-12-15(10-18-20)19-16(22)17-8-5-9-21-2/h3-4,6-7,10,12H,5,8-9,11H2,1-2H3,(H2,17,19,22). The zero-order valence-corrected chi connectivity index (χ0v) is 13.8. The minimum atomic E-state index is 0.603. The molecule has 0 atom stereocenters. The number of thiocarbonyl (C=S) groups is 1. The summed E-state index contributed by atoms with van der Waals surface area (Å²) < 4.78 is 6.90. The zero-order valence-electron chi connectivity index (χ0n) is 13.0. The molecule has 0 spiro atoms. The Balaban J connectivity index is 1.84. The number of ether oxygens (including phenoxy) is 1. The van der Waals surface area contributed by atoms with Crippen molar-refractivity contribution in [2.24, 2.45) is 0 Å². The van der Waals surface area contributed by atoms with Gasteiger partial charge in [0, 0.05) is 26.5 Å². The molecular weight excluding hydrogens is 296 g/mol. The van der Waals surface area contributed by atoms with Crippen LogP contribution < -0.4 is 10.6 Å². The lowest BCUT2D eigenvalue weighted by molar-refractivity contribution is 0.196. The van der Waals surface area contributed by atoms with Crippen LogP contribution in [0.2, 0.25) is 0 Å². The van der Waals surface area contributed by atoms with Gasteiger partial charge in [0.05, 0.1) is 18.4 Å². The third-order valence-electron chi connectivity index (χ3n) is 3.30. The van der Waals surface area contributed by atoms with Crippen molar-refractivity contribution in [2.75, 3.05) is 25.6 Å². The fraction of sp³-hybridized carbons (Fsp3) is 0.375. The molecule has 0 unspecified atom stereocenters. The van der Waals surface area contributed by atoms with E-state index >= 15 is 0 Å². The summed E-state index contributed by atoms with van der Waals surface area (Å²) in [6, 6.07) is 8.32. The Kier molecular flexibility index (Phi) is 6.36. The van der Waals surface area contributed by atoms with Crippen LogP contribution in [0.4, 0.5) is 5.69 Å². The maximum absolute atomic E-state index is 5.25. The summed E-state index contributed by atoms with van der Waals surface area (Å²) in [5, 5.41) is 11.2. The molecule has 1 heterocycles. The molecule has 0 saturated carbocycles. The van der Waals surface area contributed by atoms with E-state index in [0.29, 0.717) is 5.11 Å². The van der Waals surface area contributed by atoms with Crippen LogP contribution in [0.25, 0.3) is 0 Å². The molecule has 1 aromatic carbocycles. The van der Waals surface area contributed by atoms with Crippen LogP contribution in [-0.2, 0) is 11.3 Å². The summed E-state index contributed by atoms with van der Waals surface area (Å²) in [6.45, 7) is 4.38. The van der Waals surface area contributed by atoms with Gasteiger partial charge >= 0.3 is 0 Å². The van der Waals surface area contributed by atoms with Gasteiger partial charge in [0.25, 0.3) is 0 Å². The first kappa shape index (κ1) is 16.5. The first-order valence-electron chi connectivity index (χ1n) is 7.30. The number of methoxy groups -OCH3 is 1. The molecular formula is C16H22N4OS. The van der Waals surface area contributed by atoms with Gasteiger partial charge in [-0.2, -0.15) is 5.10 Å². The van der Waals surface area contributed by atoms with Gasteiger partial charge in [-0.25, -0.2) is 0 Å². The number of benzene rings is 1. The molecule has 0 amide bonds. The van der Waals surface area contributed by atoms with E-state index in [1.165, 1.54) is 11.1 Å². The maximum atomic E-state index is 5.25. The van der Waals surface area contributed by atoms with Crippen LogP contribution in [0.5, 0.6) is 0 Å². The van der Waals surface area contributed by atoms with E-state index in [1.807, 2.05) is 23.0 Å². The van der Waals surface area contributed by atoms with Crippen LogP contribution in [-0.4, -0.2) is 35.2 Å². The Bertz CT molecular complexity index is 612. The highest BCUT2D eigenvalue weighted by Crippen LogP contribution is 2.11. The van der Waals surface area contributed by atoms with E-state index in [4.69, 9.17) is 17.0 Å². The van der Waals surface area contributed by atoms with Gasteiger partial charge in [0.2, 0.25) is 0 Å². The first-order chi connectivity index (χ1) is 10.7. The van der Waals surface area contributed by atoms with E-state index in [9.17, 15) is 0 Å². The molecule has 0 aliphatic carbocycles. The van der Waals surface area contributed by atoms with Gasteiger partial charge in [-0.3, -0.25) is 4.68 Å². The Morgan fingerprint density at radius 2 is 2.18 bits per heavy atom. The van der Waals surface area contributed by atoms with E-state index in [1.54, 1.807) is 13.3 Å². The van der Waals surface area contributed by atoms with Gasteiger partial charge in [-0.05, 0) is 36.7 Å². The fourth-order valence-corrected chi connectivity index (χ4v) is 2.29. The van der Waals surface area contributed by atoms with Gasteiger partial charge in [0.1, 0.15) is 0 Å². The quantitative estimate of drug-likeness (QED) is 0.607. The normalized spacial score (nSPS) is 10.5. The van der Waals surface area contributed by atoms with Crippen molar-refractivity contribution in [3.63, 3.8) is 0 Å². The number of hydrogen-bond acceptors (Lipinski definition) is 3. The molecule has 118 valence electrons. The Morgan fingerprint density at radius 3 is 2.95 bits per heavy atom. The number of nitrogens with one attached hydrogen (secondary N) is 2. The zero-order chi connectivity index (χ0) is 15.8. The highest BCUT2D eigenvalue weighted by molar-refractivity contribution is 7.80. The summed E-state index contributed by atoms with van der Waals surface area (Å²) in [7, 11) is 1.69. The Morgan fingerprint density at radius 1 is 1.36 bits per heavy atom. The average Bonchev–Trinajstić information content (AvgIpc) is 2.93. The molecule has 0 aliphatic rings. The summed E-state index contributed by atoms with van der Waals surface area (Å²) in [5.74, 6) is 0. The molecule has 0 radical (unpaired) electrons. The van der Waals surface area contributed by atoms with Crippen LogP contribution in [0.3, 0.4) is 0 Å². The lowest BCUT2D eigenvalue weighted by Crippen LogP contribution is -2.29. The highest BCUT2D eigenvalue weighted by Gasteiger charge is 2.03. The molecule has 0 fully saturated rings. The van der Waals surface area contributed by atoms with Crippen molar-refractivity contribution in [1.82, 2.24) is 15.1 Å². The van der Waals surface area contributed by atoms with Crippen LogP contribution >= 0.6 is 12.2 Å². The second-order valence-electron chi connectivity index (χ2n) is 5.08. The van der Waals surface area contributed by atoms with Crippen LogP contribution in [0.15, 0.2) is 36.7 Å². The summed E-state index contributed by atoms with van der Waals surface area (Å²) >= 11 is 5.25. The summed E-state index contributed by atoms with van der Waals surface area (Å²) in [4.78, 5) is 0. The predicted molar refractivity (Wildman–Crippen MR) is 93.2 cm³/mol. The van der Waals surface area contributed by atoms with Gasteiger partial charge in [-0.15, -0.1) is 0 Å². The number of anilines is 1. The number of aryl methyl sites for hydroxylation is 1. The molecule has 5 nitrogen and oxygen atoms in total. The second kappa shape index (κ2) is 8.51. The number of aromatic nitrogens is 2. The summed E-state index contributed by atoms with van der Waals surface area (Å²) in [6.07, 6.45) is 4.65. The molecule has 0 saturated heterocycles. The largest absolute Gasteiger partial charge is 0.385 e. The van der Waals surface area contributed by atoms with Crippen molar-refractivity contribution in [2.45, 2.75) is 19.9 Å². The molecule has 2 N–H and O–H groups in total. The van der Waals surface area contributed by atoms with Crippen LogP contribution in [0.1, 0.15) is 17.5 Å². The van der Waals surface area contributed by atoms with Crippen molar-refractivity contribution in [1.29, 1.82) is 0 Å². The number of nitrogens with zero attached hydrogens (tertiary/aromatic N) is 2. The van der Waals surface area contributed by atoms with Gasteiger partial charge in [-0.1, -0.05) is 24.3 Å². The van der Waals surface area contributed by atoms with Crippen LogP contribution in [0, 0.1) is 6.92 Å². The predicted octanol–water partition coefficient (Wildman–Crippen LogP) is 2.56. The fourth-order valence-electron chi connectivity index (χ4n) is 2.07. The number of hydrogen-bond donors (Lipinski definition) is 2. The minimum Gasteiger partial charge on any atom is -0.385 e. The molecule has 0 bridgehead atoms. The molecule has 0 aliphatic heterocycles. The third-order valence-corrected chi connectivity index (χ3v) is 3.54. The molecule has 6 heteroatoms. The molecule has 1 aromatic heterocycles. The van der Waals surface area contributed by atoms with Crippen molar-refractivity contribution >= 4 is 23.0 Å². The smallest absolute Gasteiger partial charge is 0.170 e. The molecule has 2 rings (SSSR count). The van der Waals surface area contributed by atoms with Gasteiger partial charge in [0.15, 0.2) is 5.11 Å². The monoisotopic (exact) mass is 318 g/mol. The third kappa shape index (κ3) is 5.13. The second-order valence-corrected chi connectivity index (χ2v) is 5.49. The SMILES string of the molecule is COCCCNC(=S)Nc1cnn(Cc2ccccc2C)c1.